The van der Waals surface area contributed by atoms with Gasteiger partial charge in [0.1, 0.15) is 0 Å². The lowest BCUT2D eigenvalue weighted by Gasteiger charge is -2.13. The second kappa shape index (κ2) is 16.3. The number of hydrogen-bond acceptors (Lipinski definition) is 5. The van der Waals surface area contributed by atoms with Crippen molar-refractivity contribution in [2.75, 3.05) is 0 Å². The zero-order valence-electron chi connectivity index (χ0n) is 36.6. The maximum atomic E-state index is 5.53. The van der Waals surface area contributed by atoms with Crippen LogP contribution in [-0.4, -0.2) is 34.1 Å². The van der Waals surface area contributed by atoms with Gasteiger partial charge < -0.3 is 9.13 Å². The summed E-state index contributed by atoms with van der Waals surface area (Å²) in [7, 11) is 0. The van der Waals surface area contributed by atoms with Crippen LogP contribution in [0, 0.1) is 0 Å². The molecule has 0 fully saturated rings. The lowest BCUT2D eigenvalue weighted by atomic mass is 10.0. The standard InChI is InChI=1S/C61H39N7/c1-3-15-40(16-4-1)50-24-12-26-52(64-50)42-29-32-56-48(37-42)60-58(28-14-36-63-60)67(56)44-19-11-20-45(39-44)68-57-33-30-43(53-27-13-25-51(65-53)41-17-5-2-6-18-41)38-49(57)61-59(68)34-31-55(66-61)47-22-8-7-21-46(47)54-23-9-10-35-62-54/h1-39H. The lowest BCUT2D eigenvalue weighted by molar-refractivity contribution is 1.13. The molecule has 0 aliphatic rings. The largest absolute Gasteiger partial charge is 0.308 e. The molecule has 13 rings (SSSR count). The highest BCUT2D eigenvalue weighted by Crippen LogP contribution is 2.39. The van der Waals surface area contributed by atoms with E-state index in [0.29, 0.717) is 0 Å². The number of benzene rings is 6. The van der Waals surface area contributed by atoms with E-state index in [0.717, 1.165) is 123 Å². The Kier molecular flexibility index (Phi) is 9.35. The summed E-state index contributed by atoms with van der Waals surface area (Å²) in [6.07, 6.45) is 3.71. The Morgan fingerprint density at radius 2 is 0.750 bits per heavy atom. The van der Waals surface area contributed by atoms with Gasteiger partial charge in [0.25, 0.3) is 0 Å². The van der Waals surface area contributed by atoms with Gasteiger partial charge in [0.05, 0.1) is 67.3 Å². The maximum Gasteiger partial charge on any atom is 0.0971 e. The second-order valence-corrected chi connectivity index (χ2v) is 16.9. The minimum Gasteiger partial charge on any atom is -0.308 e. The molecule has 7 heteroatoms. The molecular formula is C61H39N7. The van der Waals surface area contributed by atoms with Crippen LogP contribution in [0.25, 0.3) is 123 Å². The average Bonchev–Trinajstić information content (AvgIpc) is 3.93. The Morgan fingerprint density at radius 3 is 1.35 bits per heavy atom. The maximum absolute atomic E-state index is 5.53. The van der Waals surface area contributed by atoms with Crippen LogP contribution >= 0.6 is 0 Å². The molecule has 68 heavy (non-hydrogen) atoms. The quantitative estimate of drug-likeness (QED) is 0.152. The van der Waals surface area contributed by atoms with E-state index >= 15 is 0 Å². The van der Waals surface area contributed by atoms with Gasteiger partial charge in [-0.05, 0) is 103 Å². The molecule has 7 heterocycles. The van der Waals surface area contributed by atoms with Gasteiger partial charge in [-0.2, -0.15) is 0 Å². The van der Waals surface area contributed by atoms with E-state index in [-0.39, 0.29) is 0 Å². The summed E-state index contributed by atoms with van der Waals surface area (Å²) in [6.45, 7) is 0. The van der Waals surface area contributed by atoms with E-state index in [2.05, 4.69) is 173 Å². The molecule has 0 aliphatic heterocycles. The molecule has 0 spiro atoms. The van der Waals surface area contributed by atoms with Gasteiger partial charge in [0, 0.05) is 67.9 Å². The molecule has 0 saturated heterocycles. The van der Waals surface area contributed by atoms with Gasteiger partial charge >= 0.3 is 0 Å². The third kappa shape index (κ3) is 6.72. The van der Waals surface area contributed by atoms with Crippen LogP contribution in [-0.2, 0) is 0 Å². The topological polar surface area (TPSA) is 74.3 Å². The summed E-state index contributed by atoms with van der Waals surface area (Å²) < 4.78 is 4.66. The van der Waals surface area contributed by atoms with Gasteiger partial charge in [-0.3, -0.25) is 9.97 Å². The predicted octanol–water partition coefficient (Wildman–Crippen LogP) is 14.9. The van der Waals surface area contributed by atoms with Crippen LogP contribution in [0.5, 0.6) is 0 Å². The SMILES string of the molecule is c1ccc(-c2cccc(-c3ccc4c(c3)c3ncccc3n4-c3cccc(-n4c5ccc(-c6cccc(-c7ccccc7)n6)cc5c5nc(-c6ccccc6-c6ccccn6)ccc54)c3)n2)cc1. The van der Waals surface area contributed by atoms with Gasteiger partial charge in [0.15, 0.2) is 0 Å². The van der Waals surface area contributed by atoms with Crippen molar-refractivity contribution in [2.24, 2.45) is 0 Å². The molecule has 318 valence electrons. The van der Waals surface area contributed by atoms with E-state index in [1.807, 2.05) is 73.1 Å². The average molecular weight is 870 g/mol. The van der Waals surface area contributed by atoms with E-state index in [1.165, 1.54) is 0 Å². The van der Waals surface area contributed by atoms with Crippen molar-refractivity contribution in [1.82, 2.24) is 34.1 Å². The van der Waals surface area contributed by atoms with E-state index in [4.69, 9.17) is 24.9 Å². The molecule has 0 amide bonds. The highest BCUT2D eigenvalue weighted by atomic mass is 15.0. The fourth-order valence-electron chi connectivity index (χ4n) is 9.69. The lowest BCUT2D eigenvalue weighted by Crippen LogP contribution is -1.99. The number of aromatic nitrogens is 7. The molecule has 0 unspecified atom stereocenters. The summed E-state index contributed by atoms with van der Waals surface area (Å²) in [4.78, 5) is 25.5. The van der Waals surface area contributed by atoms with E-state index in [9.17, 15) is 0 Å². The normalized spacial score (nSPS) is 11.5. The first kappa shape index (κ1) is 39.1. The molecule has 0 aliphatic carbocycles. The third-order valence-electron chi connectivity index (χ3n) is 12.8. The first-order valence-electron chi connectivity index (χ1n) is 22.7. The van der Waals surface area contributed by atoms with Crippen molar-refractivity contribution in [1.29, 1.82) is 0 Å². The van der Waals surface area contributed by atoms with E-state index in [1.54, 1.807) is 0 Å². The van der Waals surface area contributed by atoms with Crippen molar-refractivity contribution in [3.63, 3.8) is 0 Å². The minimum absolute atomic E-state index is 0.875. The number of rotatable bonds is 8. The summed E-state index contributed by atoms with van der Waals surface area (Å²) in [5.74, 6) is 0. The molecule has 6 aromatic carbocycles. The number of pyridine rings is 5. The third-order valence-corrected chi connectivity index (χ3v) is 12.8. The second-order valence-electron chi connectivity index (χ2n) is 16.9. The first-order valence-corrected chi connectivity index (χ1v) is 22.7. The summed E-state index contributed by atoms with van der Waals surface area (Å²) in [5.41, 5.74) is 19.7. The Balaban J connectivity index is 0.976. The fraction of sp³-hybridized carbons (Fsp3) is 0. The molecule has 0 bridgehead atoms. The zero-order valence-corrected chi connectivity index (χ0v) is 36.6. The van der Waals surface area contributed by atoms with Gasteiger partial charge in [-0.15, -0.1) is 0 Å². The predicted molar refractivity (Wildman–Crippen MR) is 277 cm³/mol. The van der Waals surface area contributed by atoms with Crippen LogP contribution < -0.4 is 0 Å². The van der Waals surface area contributed by atoms with Crippen molar-refractivity contribution < 1.29 is 0 Å². The monoisotopic (exact) mass is 869 g/mol. The molecule has 0 atom stereocenters. The van der Waals surface area contributed by atoms with Crippen molar-refractivity contribution >= 4 is 43.9 Å². The molecule has 0 N–H and O–H groups in total. The van der Waals surface area contributed by atoms with E-state index < -0.39 is 0 Å². The summed E-state index contributed by atoms with van der Waals surface area (Å²) in [6, 6.07) is 78.0. The molecular weight excluding hydrogens is 831 g/mol. The molecule has 13 aromatic rings. The van der Waals surface area contributed by atoms with Crippen molar-refractivity contribution in [3.05, 3.63) is 237 Å². The zero-order chi connectivity index (χ0) is 45.0. The van der Waals surface area contributed by atoms with Crippen LogP contribution in [0.1, 0.15) is 0 Å². The van der Waals surface area contributed by atoms with Crippen molar-refractivity contribution in [3.8, 4) is 78.9 Å². The van der Waals surface area contributed by atoms with Crippen LogP contribution in [0.3, 0.4) is 0 Å². The molecule has 0 radical (unpaired) electrons. The Morgan fingerprint density at radius 1 is 0.265 bits per heavy atom. The minimum atomic E-state index is 0.875. The van der Waals surface area contributed by atoms with Crippen LogP contribution in [0.2, 0.25) is 0 Å². The highest BCUT2D eigenvalue weighted by molar-refractivity contribution is 6.10. The smallest absolute Gasteiger partial charge is 0.0971 e. The van der Waals surface area contributed by atoms with Gasteiger partial charge in [0.2, 0.25) is 0 Å². The fourth-order valence-corrected chi connectivity index (χ4v) is 9.69. The van der Waals surface area contributed by atoms with Crippen molar-refractivity contribution in [2.45, 2.75) is 0 Å². The summed E-state index contributed by atoms with van der Waals surface area (Å²) >= 11 is 0. The Labute approximate surface area is 392 Å². The van der Waals surface area contributed by atoms with Gasteiger partial charge in [-0.1, -0.05) is 121 Å². The number of fused-ring (bicyclic) bond motifs is 6. The molecule has 7 aromatic heterocycles. The number of hydrogen-bond donors (Lipinski definition) is 0. The first-order chi connectivity index (χ1) is 33.7. The Hall–Kier alpha value is -9.33. The highest BCUT2D eigenvalue weighted by Gasteiger charge is 2.20. The molecule has 0 saturated carbocycles. The number of nitrogens with zero attached hydrogens (tertiary/aromatic N) is 7. The van der Waals surface area contributed by atoms with Crippen LogP contribution in [0.4, 0.5) is 0 Å². The van der Waals surface area contributed by atoms with Gasteiger partial charge in [-0.25, -0.2) is 15.0 Å². The Bertz CT molecular complexity index is 4030. The van der Waals surface area contributed by atoms with Crippen LogP contribution in [0.15, 0.2) is 237 Å². The molecule has 7 nitrogen and oxygen atoms in total. The summed E-state index contributed by atoms with van der Waals surface area (Å²) in [5, 5.41) is 2.10.